The quantitative estimate of drug-likeness (QED) is 0.370. The number of amides is 5. The molecule has 39 heavy (non-hydrogen) atoms. The van der Waals surface area contributed by atoms with E-state index in [1.165, 1.54) is 16.7 Å². The number of rotatable bonds is 6. The first-order chi connectivity index (χ1) is 18.6. The Hall–Kier alpha value is -3.81. The molecule has 1 fully saturated rings. The molecule has 2 aromatic carbocycles. The van der Waals surface area contributed by atoms with Gasteiger partial charge >= 0.3 is 10.9 Å². The van der Waals surface area contributed by atoms with Crippen LogP contribution in [0.2, 0.25) is 5.02 Å². The van der Waals surface area contributed by atoms with Crippen molar-refractivity contribution in [3.8, 4) is 11.5 Å². The van der Waals surface area contributed by atoms with Crippen molar-refractivity contribution in [2.75, 3.05) is 11.9 Å². The van der Waals surface area contributed by atoms with Crippen LogP contribution in [0.4, 0.5) is 10.5 Å². The van der Waals surface area contributed by atoms with Crippen LogP contribution in [0, 0.1) is 5.92 Å². The molecular weight excluding hydrogens is 568 g/mol. The highest BCUT2D eigenvalue weighted by Crippen LogP contribution is 2.53. The third-order valence-corrected chi connectivity index (χ3v) is 9.20. The average Bonchev–Trinajstić information content (AvgIpc) is 3.33. The van der Waals surface area contributed by atoms with Gasteiger partial charge in [-0.1, -0.05) is 40.8 Å². The molecule has 202 valence electrons. The van der Waals surface area contributed by atoms with Crippen LogP contribution in [0.1, 0.15) is 23.3 Å². The summed E-state index contributed by atoms with van der Waals surface area (Å²) in [6, 6.07) is 9.74. The van der Waals surface area contributed by atoms with E-state index in [1.54, 1.807) is 37.3 Å². The van der Waals surface area contributed by atoms with Crippen LogP contribution in [-0.2, 0) is 20.9 Å². The number of carbonyl (C=O) groups excluding carboxylic acids is 4. The van der Waals surface area contributed by atoms with E-state index in [2.05, 4.69) is 5.32 Å². The van der Waals surface area contributed by atoms with Crippen molar-refractivity contribution in [1.29, 1.82) is 0 Å². The summed E-state index contributed by atoms with van der Waals surface area (Å²) < 4.78 is 6.75. The topological polar surface area (TPSA) is 161 Å². The summed E-state index contributed by atoms with van der Waals surface area (Å²) in [6.07, 6.45) is 0. The summed E-state index contributed by atoms with van der Waals surface area (Å²) in [5.74, 6) is -3.92. The SMILES string of the molecule is CCOc1cc(C2c3sc(=O)n(CC(=O)Nc4ccc(Cl)cc4)c3SC3C(=O)N(C(N)=O)C(=O)C32)ccc1O. The molecule has 3 aromatic rings. The van der Waals surface area contributed by atoms with E-state index >= 15 is 0 Å². The third-order valence-electron chi connectivity index (χ3n) is 6.34. The minimum atomic E-state index is -1.19. The number of phenolic OH excluding ortho intramolecular Hbond substituents is 1. The van der Waals surface area contributed by atoms with Crippen LogP contribution >= 0.6 is 34.7 Å². The highest BCUT2D eigenvalue weighted by molar-refractivity contribution is 8.00. The zero-order valence-corrected chi connectivity index (χ0v) is 22.6. The molecule has 1 aromatic heterocycles. The van der Waals surface area contributed by atoms with Crippen molar-refractivity contribution in [3.05, 3.63) is 67.6 Å². The number of imide groups is 3. The Bertz CT molecular complexity index is 1570. The number of likely N-dealkylation sites (tertiary alicyclic amines) is 1. The number of benzene rings is 2. The van der Waals surface area contributed by atoms with E-state index in [4.69, 9.17) is 22.1 Å². The molecule has 4 N–H and O–H groups in total. The van der Waals surface area contributed by atoms with Gasteiger partial charge in [-0.2, -0.15) is 4.90 Å². The summed E-state index contributed by atoms with van der Waals surface area (Å²) >= 11 is 7.69. The van der Waals surface area contributed by atoms with Crippen molar-refractivity contribution < 1.29 is 29.0 Å². The van der Waals surface area contributed by atoms with E-state index in [-0.39, 0.29) is 24.7 Å². The second-order valence-electron chi connectivity index (χ2n) is 8.73. The Balaban J connectivity index is 1.58. The molecule has 5 rings (SSSR count). The van der Waals surface area contributed by atoms with E-state index < -0.39 is 45.7 Å². The molecule has 2 aliphatic heterocycles. The zero-order chi connectivity index (χ0) is 28.0. The molecule has 0 aliphatic carbocycles. The lowest BCUT2D eigenvalue weighted by Gasteiger charge is -2.31. The number of primary amides is 1. The summed E-state index contributed by atoms with van der Waals surface area (Å²) in [4.78, 5) is 64.9. The van der Waals surface area contributed by atoms with Gasteiger partial charge in [0.05, 0.1) is 17.6 Å². The molecule has 5 amide bonds. The number of nitrogens with zero attached hydrogens (tertiary/aromatic N) is 2. The molecule has 3 atom stereocenters. The molecule has 0 saturated carbocycles. The molecule has 3 heterocycles. The van der Waals surface area contributed by atoms with Gasteiger partial charge in [0.2, 0.25) is 11.8 Å². The van der Waals surface area contributed by atoms with Gasteiger partial charge in [0.1, 0.15) is 11.8 Å². The van der Waals surface area contributed by atoms with Crippen LogP contribution < -0.4 is 20.7 Å². The van der Waals surface area contributed by atoms with Gasteiger partial charge in [-0.15, -0.1) is 0 Å². The Morgan fingerprint density at radius 3 is 2.51 bits per heavy atom. The van der Waals surface area contributed by atoms with Crippen LogP contribution in [0.5, 0.6) is 11.5 Å². The van der Waals surface area contributed by atoms with Crippen molar-refractivity contribution >= 4 is 64.1 Å². The van der Waals surface area contributed by atoms with E-state index in [0.717, 1.165) is 23.1 Å². The maximum Gasteiger partial charge on any atom is 0.328 e. The van der Waals surface area contributed by atoms with Gasteiger partial charge in [-0.25, -0.2) is 4.79 Å². The Morgan fingerprint density at radius 1 is 1.13 bits per heavy atom. The predicted octanol–water partition coefficient (Wildman–Crippen LogP) is 2.98. The van der Waals surface area contributed by atoms with Crippen molar-refractivity contribution in [2.45, 2.75) is 29.7 Å². The molecule has 0 radical (unpaired) electrons. The molecule has 2 aliphatic rings. The number of aromatic nitrogens is 1. The fraction of sp³-hybridized carbons (Fsp3) is 0.240. The van der Waals surface area contributed by atoms with Crippen LogP contribution in [0.3, 0.4) is 0 Å². The van der Waals surface area contributed by atoms with E-state index in [9.17, 15) is 29.1 Å². The number of anilines is 1. The highest BCUT2D eigenvalue weighted by Gasteiger charge is 2.58. The smallest absolute Gasteiger partial charge is 0.328 e. The molecular formula is C25H21ClN4O7S2. The molecule has 1 saturated heterocycles. The molecule has 14 heteroatoms. The van der Waals surface area contributed by atoms with Crippen molar-refractivity contribution in [1.82, 2.24) is 9.47 Å². The summed E-state index contributed by atoms with van der Waals surface area (Å²) in [7, 11) is 0. The fourth-order valence-corrected chi connectivity index (χ4v) is 7.60. The highest BCUT2D eigenvalue weighted by atomic mass is 35.5. The number of thiazole rings is 1. The largest absolute Gasteiger partial charge is 0.504 e. The van der Waals surface area contributed by atoms with Crippen LogP contribution in [0.15, 0.2) is 52.3 Å². The van der Waals surface area contributed by atoms with Gasteiger partial charge < -0.3 is 20.9 Å². The molecule has 0 spiro atoms. The molecule has 11 nitrogen and oxygen atoms in total. The zero-order valence-electron chi connectivity index (χ0n) is 20.3. The first-order valence-corrected chi connectivity index (χ1v) is 13.8. The monoisotopic (exact) mass is 588 g/mol. The summed E-state index contributed by atoms with van der Waals surface area (Å²) in [5, 5.41) is 12.7. The van der Waals surface area contributed by atoms with Gasteiger partial charge in [0.15, 0.2) is 11.5 Å². The lowest BCUT2D eigenvalue weighted by Crippen LogP contribution is -2.41. The number of thioether (sulfide) groups is 1. The lowest BCUT2D eigenvalue weighted by atomic mass is 9.83. The lowest BCUT2D eigenvalue weighted by molar-refractivity contribution is -0.135. The van der Waals surface area contributed by atoms with Crippen molar-refractivity contribution in [2.24, 2.45) is 11.7 Å². The first-order valence-electron chi connectivity index (χ1n) is 11.7. The number of nitrogens with two attached hydrogens (primary N) is 1. The number of carbonyl (C=O) groups is 4. The van der Waals surface area contributed by atoms with Gasteiger partial charge in [-0.05, 0) is 48.9 Å². The third kappa shape index (κ3) is 4.77. The number of phenols is 1. The number of nitrogens with one attached hydrogen (secondary N) is 1. The minimum Gasteiger partial charge on any atom is -0.504 e. The molecule has 0 bridgehead atoms. The standard InChI is InChI=1S/C25H21ClN4O7S2/c1-2-37-15-9-11(3-8-14(15)31)17-18-19(22(34)30(21(18)33)24(27)35)38-23-20(17)39-25(36)29(23)10-16(32)28-13-6-4-12(26)5-7-13/h3-9,17-19,31H,2,10H2,1H3,(H2,27,35)(H,28,32). The summed E-state index contributed by atoms with van der Waals surface area (Å²) in [6.45, 7) is 1.64. The first kappa shape index (κ1) is 26.8. The fourth-order valence-electron chi connectivity index (χ4n) is 4.70. The number of fused-ring (bicyclic) bond motifs is 2. The minimum absolute atomic E-state index is 0.125. The van der Waals surface area contributed by atoms with Gasteiger partial charge in [0, 0.05) is 21.5 Å². The maximum absolute atomic E-state index is 13.3. The summed E-state index contributed by atoms with van der Waals surface area (Å²) in [5.41, 5.74) is 6.32. The number of ether oxygens (including phenoxy) is 1. The predicted molar refractivity (Wildman–Crippen MR) is 144 cm³/mol. The average molecular weight is 589 g/mol. The second kappa shape index (κ2) is 10.4. The van der Waals surface area contributed by atoms with Gasteiger partial charge in [-0.3, -0.25) is 23.7 Å². The second-order valence-corrected chi connectivity index (χ2v) is 11.3. The number of hydrogen-bond acceptors (Lipinski definition) is 9. The Kier molecular flexibility index (Phi) is 7.14. The normalized spacial score (nSPS) is 19.9. The van der Waals surface area contributed by atoms with Crippen LogP contribution in [-0.4, -0.2) is 50.2 Å². The molecule has 3 unspecified atom stereocenters. The Labute approximate surface area is 234 Å². The van der Waals surface area contributed by atoms with Gasteiger partial charge in [0.25, 0.3) is 5.91 Å². The Morgan fingerprint density at radius 2 is 1.85 bits per heavy atom. The number of hydrogen-bond donors (Lipinski definition) is 3. The number of aromatic hydroxyl groups is 1. The number of urea groups is 1. The maximum atomic E-state index is 13.3. The van der Waals surface area contributed by atoms with Crippen molar-refractivity contribution in [3.63, 3.8) is 0 Å². The van der Waals surface area contributed by atoms with Crippen LogP contribution in [0.25, 0.3) is 0 Å². The van der Waals surface area contributed by atoms with E-state index in [0.29, 0.717) is 31.1 Å². The van der Waals surface area contributed by atoms with E-state index in [1.807, 2.05) is 0 Å². The number of halogens is 1.